The normalized spacial score (nSPS) is 21.9. The molecule has 1 saturated carbocycles. The molecule has 1 aliphatic rings. The second-order valence-electron chi connectivity index (χ2n) is 5.18. The van der Waals surface area contributed by atoms with Crippen LogP contribution in [0.4, 0.5) is 0 Å². The first kappa shape index (κ1) is 13.9. The molecule has 0 aromatic carbocycles. The van der Waals surface area contributed by atoms with Crippen LogP contribution in [0.5, 0.6) is 0 Å². The molecule has 0 heterocycles. The third-order valence-electron chi connectivity index (χ3n) is 3.78. The topological polar surface area (TPSA) is 41.5 Å². The molecule has 0 radical (unpaired) electrons. The van der Waals surface area contributed by atoms with E-state index in [1.165, 1.54) is 32.1 Å². The van der Waals surface area contributed by atoms with Crippen molar-refractivity contribution in [3.63, 3.8) is 0 Å². The van der Waals surface area contributed by atoms with Gasteiger partial charge in [0.15, 0.2) is 0 Å². The van der Waals surface area contributed by atoms with E-state index in [0.29, 0.717) is 5.92 Å². The summed E-state index contributed by atoms with van der Waals surface area (Å²) in [6.07, 6.45) is 7.17. The number of nitrogens with one attached hydrogen (secondary N) is 1. The van der Waals surface area contributed by atoms with Gasteiger partial charge in [-0.1, -0.05) is 19.3 Å². The van der Waals surface area contributed by atoms with E-state index < -0.39 is 5.60 Å². The minimum Gasteiger partial charge on any atom is -0.390 e. The molecular formula is C13H27NO2. The van der Waals surface area contributed by atoms with Crippen LogP contribution in [0.25, 0.3) is 0 Å². The number of hydrogen-bond donors (Lipinski definition) is 2. The van der Waals surface area contributed by atoms with Gasteiger partial charge < -0.3 is 15.2 Å². The molecule has 0 amide bonds. The van der Waals surface area contributed by atoms with Gasteiger partial charge in [-0.25, -0.2) is 0 Å². The standard InChI is InChI=1S/C13H27NO2/c1-13(15,8-9-14-10-11-16-2)12-6-4-3-5-7-12/h12,14-15H,3-11H2,1-2H3. The van der Waals surface area contributed by atoms with Crippen LogP contribution in [0.15, 0.2) is 0 Å². The highest BCUT2D eigenvalue weighted by molar-refractivity contribution is 4.84. The lowest BCUT2D eigenvalue weighted by Gasteiger charge is -2.35. The summed E-state index contributed by atoms with van der Waals surface area (Å²) in [5.74, 6) is 0.505. The largest absolute Gasteiger partial charge is 0.390 e. The molecule has 1 rings (SSSR count). The molecule has 1 atom stereocenters. The Morgan fingerprint density at radius 2 is 1.94 bits per heavy atom. The van der Waals surface area contributed by atoms with Gasteiger partial charge in [0.05, 0.1) is 12.2 Å². The van der Waals surface area contributed by atoms with Gasteiger partial charge in [0, 0.05) is 13.7 Å². The fourth-order valence-corrected chi connectivity index (χ4v) is 2.57. The van der Waals surface area contributed by atoms with Gasteiger partial charge in [0.1, 0.15) is 0 Å². The fraction of sp³-hybridized carbons (Fsp3) is 1.00. The fourth-order valence-electron chi connectivity index (χ4n) is 2.57. The first-order valence-corrected chi connectivity index (χ1v) is 6.59. The zero-order valence-corrected chi connectivity index (χ0v) is 10.8. The maximum absolute atomic E-state index is 10.4. The molecule has 96 valence electrons. The lowest BCUT2D eigenvalue weighted by molar-refractivity contribution is -0.0231. The molecule has 0 spiro atoms. The average Bonchev–Trinajstić information content (AvgIpc) is 2.30. The second kappa shape index (κ2) is 7.25. The van der Waals surface area contributed by atoms with Crippen molar-refractivity contribution < 1.29 is 9.84 Å². The Kier molecular flexibility index (Phi) is 6.32. The van der Waals surface area contributed by atoms with Crippen LogP contribution in [-0.4, -0.2) is 37.5 Å². The smallest absolute Gasteiger partial charge is 0.0659 e. The van der Waals surface area contributed by atoms with Crippen LogP contribution < -0.4 is 5.32 Å². The van der Waals surface area contributed by atoms with Crippen LogP contribution >= 0.6 is 0 Å². The predicted molar refractivity (Wildman–Crippen MR) is 66.6 cm³/mol. The molecule has 0 saturated heterocycles. The van der Waals surface area contributed by atoms with Gasteiger partial charge in [-0.05, 0) is 38.6 Å². The zero-order chi connectivity index (χ0) is 11.9. The summed E-state index contributed by atoms with van der Waals surface area (Å²) < 4.78 is 4.97. The van der Waals surface area contributed by atoms with E-state index >= 15 is 0 Å². The van der Waals surface area contributed by atoms with Crippen molar-refractivity contribution in [2.75, 3.05) is 26.8 Å². The summed E-state index contributed by atoms with van der Waals surface area (Å²) in [6.45, 7) is 4.50. The first-order valence-electron chi connectivity index (χ1n) is 6.59. The molecule has 0 aliphatic heterocycles. The van der Waals surface area contributed by atoms with Crippen LogP contribution in [0, 0.1) is 5.92 Å². The third kappa shape index (κ3) is 4.81. The summed E-state index contributed by atoms with van der Waals surface area (Å²) in [6, 6.07) is 0. The van der Waals surface area contributed by atoms with E-state index in [9.17, 15) is 5.11 Å². The number of aliphatic hydroxyl groups is 1. The Morgan fingerprint density at radius 1 is 1.25 bits per heavy atom. The lowest BCUT2D eigenvalue weighted by Crippen LogP contribution is -2.39. The molecule has 0 aromatic rings. The SMILES string of the molecule is COCCNCCC(C)(O)C1CCCCC1. The van der Waals surface area contributed by atoms with Gasteiger partial charge >= 0.3 is 0 Å². The predicted octanol–water partition coefficient (Wildman–Crippen LogP) is 1.94. The zero-order valence-electron chi connectivity index (χ0n) is 10.8. The quantitative estimate of drug-likeness (QED) is 0.656. The molecule has 3 heteroatoms. The highest BCUT2D eigenvalue weighted by Crippen LogP contribution is 2.34. The Labute approximate surface area is 99.6 Å². The Hall–Kier alpha value is -0.120. The first-order chi connectivity index (χ1) is 7.67. The highest BCUT2D eigenvalue weighted by Gasteiger charge is 2.31. The summed E-state index contributed by atoms with van der Waals surface area (Å²) in [5.41, 5.74) is -0.486. The van der Waals surface area contributed by atoms with Crippen molar-refractivity contribution in [1.29, 1.82) is 0 Å². The van der Waals surface area contributed by atoms with Crippen LogP contribution in [0.3, 0.4) is 0 Å². The Balaban J connectivity index is 2.16. The van der Waals surface area contributed by atoms with Gasteiger partial charge in [-0.2, -0.15) is 0 Å². The van der Waals surface area contributed by atoms with Crippen molar-refractivity contribution in [2.24, 2.45) is 5.92 Å². The summed E-state index contributed by atoms with van der Waals surface area (Å²) in [4.78, 5) is 0. The molecule has 0 bridgehead atoms. The molecule has 1 aliphatic carbocycles. The van der Waals surface area contributed by atoms with Crippen molar-refractivity contribution in [1.82, 2.24) is 5.32 Å². The van der Waals surface area contributed by atoms with Crippen LogP contribution in [0.2, 0.25) is 0 Å². The van der Waals surface area contributed by atoms with E-state index in [4.69, 9.17) is 4.74 Å². The van der Waals surface area contributed by atoms with Crippen LogP contribution in [-0.2, 0) is 4.74 Å². The van der Waals surface area contributed by atoms with Crippen molar-refractivity contribution >= 4 is 0 Å². The molecule has 1 unspecified atom stereocenters. The van der Waals surface area contributed by atoms with Gasteiger partial charge in [-0.3, -0.25) is 0 Å². The molecule has 16 heavy (non-hydrogen) atoms. The maximum Gasteiger partial charge on any atom is 0.0659 e. The Bertz CT molecular complexity index is 177. The van der Waals surface area contributed by atoms with Crippen molar-refractivity contribution in [3.8, 4) is 0 Å². The minimum atomic E-state index is -0.486. The summed E-state index contributed by atoms with van der Waals surface area (Å²) in [5, 5.41) is 13.7. The molecule has 1 fully saturated rings. The maximum atomic E-state index is 10.4. The number of ether oxygens (including phenoxy) is 1. The second-order valence-corrected chi connectivity index (χ2v) is 5.18. The molecular weight excluding hydrogens is 202 g/mol. The number of methoxy groups -OCH3 is 1. The van der Waals surface area contributed by atoms with E-state index in [2.05, 4.69) is 5.32 Å². The third-order valence-corrected chi connectivity index (χ3v) is 3.78. The van der Waals surface area contributed by atoms with Gasteiger partial charge in [-0.15, -0.1) is 0 Å². The van der Waals surface area contributed by atoms with E-state index in [-0.39, 0.29) is 0 Å². The molecule has 2 N–H and O–H groups in total. The van der Waals surface area contributed by atoms with Crippen molar-refractivity contribution in [3.05, 3.63) is 0 Å². The van der Waals surface area contributed by atoms with Gasteiger partial charge in [0.2, 0.25) is 0 Å². The van der Waals surface area contributed by atoms with E-state index in [0.717, 1.165) is 26.1 Å². The van der Waals surface area contributed by atoms with Crippen molar-refractivity contribution in [2.45, 2.75) is 51.0 Å². The van der Waals surface area contributed by atoms with E-state index in [1.807, 2.05) is 6.92 Å². The molecule has 0 aromatic heterocycles. The molecule has 3 nitrogen and oxygen atoms in total. The summed E-state index contributed by atoms with van der Waals surface area (Å²) in [7, 11) is 1.71. The minimum absolute atomic E-state index is 0.486. The van der Waals surface area contributed by atoms with E-state index in [1.54, 1.807) is 7.11 Å². The number of rotatable bonds is 7. The Morgan fingerprint density at radius 3 is 2.56 bits per heavy atom. The number of hydrogen-bond acceptors (Lipinski definition) is 3. The average molecular weight is 229 g/mol. The highest BCUT2D eigenvalue weighted by atomic mass is 16.5. The summed E-state index contributed by atoms with van der Waals surface area (Å²) >= 11 is 0. The monoisotopic (exact) mass is 229 g/mol. The van der Waals surface area contributed by atoms with Gasteiger partial charge in [0.25, 0.3) is 0 Å². The lowest BCUT2D eigenvalue weighted by atomic mass is 9.76. The van der Waals surface area contributed by atoms with Crippen LogP contribution in [0.1, 0.15) is 45.4 Å².